The second-order valence-corrected chi connectivity index (χ2v) is 5.02. The Hall–Kier alpha value is -2.05. The van der Waals surface area contributed by atoms with E-state index in [1.54, 1.807) is 0 Å². The van der Waals surface area contributed by atoms with Crippen LogP contribution in [0.2, 0.25) is 0 Å². The molecule has 2 heterocycles. The molecule has 0 saturated carbocycles. The Morgan fingerprint density at radius 3 is 2.74 bits per heavy atom. The number of urea groups is 1. The highest BCUT2D eigenvalue weighted by Crippen LogP contribution is 2.33. The number of carboxylic acid groups (broad SMARTS) is 1. The van der Waals surface area contributed by atoms with Crippen LogP contribution in [0.15, 0.2) is 0 Å². The number of carboxylic acids is 1. The fourth-order valence-electron chi connectivity index (χ4n) is 2.44. The van der Waals surface area contributed by atoms with Crippen molar-refractivity contribution in [2.75, 3.05) is 19.7 Å². The van der Waals surface area contributed by atoms with Gasteiger partial charge in [0.1, 0.15) is 6.04 Å². The number of hydrogen-bond acceptors (Lipinski definition) is 6. The van der Waals surface area contributed by atoms with Gasteiger partial charge in [-0.15, -0.1) is 0 Å². The molecule has 0 aliphatic carbocycles. The van der Waals surface area contributed by atoms with Crippen LogP contribution in [0.1, 0.15) is 12.8 Å². The van der Waals surface area contributed by atoms with E-state index in [0.29, 0.717) is 5.06 Å². The molecule has 2 atom stereocenters. The molecule has 0 radical (unpaired) electrons. The number of alkyl halides is 2. The van der Waals surface area contributed by atoms with E-state index >= 15 is 0 Å². The third-order valence-electron chi connectivity index (χ3n) is 3.48. The molecule has 4 N–H and O–H groups in total. The Morgan fingerprint density at radius 1 is 1.43 bits per heavy atom. The smallest absolute Gasteiger partial charge is 0.475 e. The number of nitrogens with two attached hydrogens (primary N) is 1. The number of carbonyl (C=O) groups excluding carboxylic acids is 2. The van der Waals surface area contributed by atoms with E-state index in [0.717, 1.165) is 4.90 Å². The van der Waals surface area contributed by atoms with Crippen LogP contribution in [0, 0.1) is 0 Å². The van der Waals surface area contributed by atoms with Gasteiger partial charge in [0.15, 0.2) is 0 Å². The predicted molar refractivity (Wildman–Crippen MR) is 67.6 cm³/mol. The molecule has 23 heavy (non-hydrogen) atoms. The molecule has 2 aliphatic heterocycles. The van der Waals surface area contributed by atoms with Crippen molar-refractivity contribution in [3.05, 3.63) is 0 Å². The van der Waals surface area contributed by atoms with E-state index < -0.39 is 36.1 Å². The number of hydrogen-bond donors (Lipinski definition) is 3. The van der Waals surface area contributed by atoms with Crippen LogP contribution in [-0.4, -0.2) is 70.9 Å². The van der Waals surface area contributed by atoms with Gasteiger partial charge in [0.05, 0.1) is 12.6 Å². The van der Waals surface area contributed by atoms with Crippen molar-refractivity contribution in [1.82, 2.24) is 15.4 Å². The van der Waals surface area contributed by atoms with Crippen molar-refractivity contribution in [3.8, 4) is 0 Å². The number of nitrogens with one attached hydrogen (secondary N) is 1. The molecule has 0 aromatic rings. The molecule has 0 unspecified atom stereocenters. The summed E-state index contributed by atoms with van der Waals surface area (Å²) in [6, 6.07) is -2.65. The van der Waals surface area contributed by atoms with Crippen molar-refractivity contribution >= 4 is 17.9 Å². The molecule has 130 valence electrons. The van der Waals surface area contributed by atoms with Gasteiger partial charge in [-0.05, 0) is 12.8 Å². The number of aliphatic carboxylic acids is 1. The minimum atomic E-state index is -4.53. The first-order valence-electron chi connectivity index (χ1n) is 6.79. The van der Waals surface area contributed by atoms with E-state index in [9.17, 15) is 23.2 Å². The number of piperidine rings is 1. The molecular formula is C11H16F2N4O6. The van der Waals surface area contributed by atoms with Gasteiger partial charge in [0.2, 0.25) is 0 Å². The molecule has 0 aromatic carbocycles. The van der Waals surface area contributed by atoms with Gasteiger partial charge >= 0.3 is 18.1 Å². The monoisotopic (exact) mass is 338 g/mol. The molecule has 2 rings (SSSR count). The minimum Gasteiger partial charge on any atom is -0.475 e. The average Bonchev–Trinajstić information content (AvgIpc) is 2.72. The summed E-state index contributed by atoms with van der Waals surface area (Å²) in [5, 5.41) is 8.69. The maximum atomic E-state index is 13.1. The lowest BCUT2D eigenvalue weighted by Gasteiger charge is -2.29. The molecule has 3 amide bonds. The summed E-state index contributed by atoms with van der Waals surface area (Å²) < 4.78 is 26.3. The zero-order valence-corrected chi connectivity index (χ0v) is 11.9. The van der Waals surface area contributed by atoms with Crippen molar-refractivity contribution in [1.29, 1.82) is 0 Å². The quantitative estimate of drug-likeness (QED) is 0.395. The fraction of sp³-hybridized carbons (Fsp3) is 0.727. The Kier molecular flexibility index (Phi) is 4.97. The van der Waals surface area contributed by atoms with Crippen LogP contribution in [0.4, 0.5) is 13.6 Å². The van der Waals surface area contributed by atoms with Crippen molar-refractivity contribution in [2.24, 2.45) is 5.73 Å². The third-order valence-corrected chi connectivity index (χ3v) is 3.48. The number of nitrogens with zero attached hydrogens (tertiary/aromatic N) is 2. The fourth-order valence-corrected chi connectivity index (χ4v) is 2.44. The van der Waals surface area contributed by atoms with Crippen molar-refractivity contribution in [2.45, 2.75) is 31.0 Å². The molecule has 0 aromatic heterocycles. The van der Waals surface area contributed by atoms with E-state index in [-0.39, 0.29) is 32.5 Å². The van der Waals surface area contributed by atoms with Gasteiger partial charge in [-0.25, -0.2) is 15.1 Å². The molecule has 2 bridgehead atoms. The maximum absolute atomic E-state index is 13.1. The number of hydroxylamine groups is 3. The maximum Gasteiger partial charge on any atom is 0.476 e. The van der Waals surface area contributed by atoms with Crippen molar-refractivity contribution < 1.29 is 37.9 Å². The number of fused-ring (bicyclic) bond motifs is 2. The highest BCUT2D eigenvalue weighted by Gasteiger charge is 2.53. The number of rotatable bonds is 7. The van der Waals surface area contributed by atoms with Crippen LogP contribution >= 0.6 is 0 Å². The van der Waals surface area contributed by atoms with Gasteiger partial charge in [0.25, 0.3) is 5.91 Å². The summed E-state index contributed by atoms with van der Waals surface area (Å²) in [6.45, 7) is 0.236. The van der Waals surface area contributed by atoms with E-state index in [1.807, 2.05) is 0 Å². The Morgan fingerprint density at radius 2 is 2.13 bits per heavy atom. The standard InChI is InChI=1S/C11H16F2N4O6/c12-11(13,9(19)20)23-17-6-1-2-7(16(5-6)10(17)21)8(18)15-22-4-3-14/h6-7H,1-5,14H2,(H,15,18)(H,19,20)/t6-,7+/m1/s1. The Balaban J connectivity index is 2.02. The summed E-state index contributed by atoms with van der Waals surface area (Å²) in [7, 11) is 0. The summed E-state index contributed by atoms with van der Waals surface area (Å²) in [6.07, 6.45) is -4.13. The average molecular weight is 338 g/mol. The molecule has 2 saturated heterocycles. The largest absolute Gasteiger partial charge is 0.476 e. The minimum absolute atomic E-state index is 0.0243. The molecular weight excluding hydrogens is 322 g/mol. The second-order valence-electron chi connectivity index (χ2n) is 5.02. The first kappa shape index (κ1) is 17.3. The van der Waals surface area contributed by atoms with Crippen molar-refractivity contribution in [3.63, 3.8) is 0 Å². The van der Waals surface area contributed by atoms with Crippen LogP contribution in [0.3, 0.4) is 0 Å². The summed E-state index contributed by atoms with van der Waals surface area (Å²) in [5.41, 5.74) is 7.32. The SMILES string of the molecule is NCCONC(=O)[C@@H]1CC[C@@H]2CN1C(=O)N2OC(F)(F)C(=O)O. The number of amides is 3. The van der Waals surface area contributed by atoms with Gasteiger partial charge in [-0.2, -0.15) is 18.7 Å². The predicted octanol–water partition coefficient (Wildman–Crippen LogP) is -1.13. The van der Waals surface area contributed by atoms with E-state index in [1.165, 1.54) is 0 Å². The van der Waals surface area contributed by atoms with Crippen LogP contribution in [-0.2, 0) is 19.3 Å². The summed E-state index contributed by atoms with van der Waals surface area (Å²) >= 11 is 0. The van der Waals surface area contributed by atoms with E-state index in [4.69, 9.17) is 15.7 Å². The lowest BCUT2D eigenvalue weighted by atomic mass is 10.0. The zero-order valence-electron chi connectivity index (χ0n) is 11.9. The Labute approximate surface area is 129 Å². The second kappa shape index (κ2) is 6.60. The number of halogens is 2. The lowest BCUT2D eigenvalue weighted by Crippen LogP contribution is -2.50. The normalized spacial score (nSPS) is 24.0. The third kappa shape index (κ3) is 3.48. The Bertz CT molecular complexity index is 505. The van der Waals surface area contributed by atoms with Gasteiger partial charge in [-0.1, -0.05) is 0 Å². The molecule has 12 heteroatoms. The molecule has 2 aliphatic rings. The van der Waals surface area contributed by atoms with Gasteiger partial charge in [-0.3, -0.25) is 9.63 Å². The molecule has 2 fully saturated rings. The molecule has 0 spiro atoms. The highest BCUT2D eigenvalue weighted by molar-refractivity contribution is 5.88. The van der Waals surface area contributed by atoms with Gasteiger partial charge in [0, 0.05) is 13.1 Å². The first-order chi connectivity index (χ1) is 10.8. The van der Waals surface area contributed by atoms with Gasteiger partial charge < -0.3 is 15.7 Å². The first-order valence-corrected chi connectivity index (χ1v) is 6.79. The van der Waals surface area contributed by atoms with E-state index in [2.05, 4.69) is 10.3 Å². The summed E-state index contributed by atoms with van der Waals surface area (Å²) in [4.78, 5) is 44.3. The topological polar surface area (TPSA) is 134 Å². The zero-order chi connectivity index (χ0) is 17.2. The van der Waals surface area contributed by atoms with Crippen LogP contribution in [0.5, 0.6) is 0 Å². The highest BCUT2D eigenvalue weighted by atomic mass is 19.3. The van der Waals surface area contributed by atoms with Crippen LogP contribution < -0.4 is 11.2 Å². The summed E-state index contributed by atoms with van der Waals surface area (Å²) in [5.74, 6) is -3.12. The number of carbonyl (C=O) groups is 3. The lowest BCUT2D eigenvalue weighted by molar-refractivity contribution is -0.327. The van der Waals surface area contributed by atoms with Crippen LogP contribution in [0.25, 0.3) is 0 Å². The molecule has 10 nitrogen and oxygen atoms in total.